The molecule has 118 valence electrons. The van der Waals surface area contributed by atoms with E-state index in [1.807, 2.05) is 0 Å². The minimum atomic E-state index is -0.606. The molecule has 0 atom stereocenters. The Bertz CT molecular complexity index is 718. The molecule has 0 saturated carbocycles. The first-order valence-electron chi connectivity index (χ1n) is 7.16. The Morgan fingerprint density at radius 1 is 1.23 bits per heavy atom. The van der Waals surface area contributed by atoms with Crippen LogP contribution in [0.1, 0.15) is 43.8 Å². The first-order chi connectivity index (χ1) is 10.2. The van der Waals surface area contributed by atoms with Crippen LogP contribution in [0.3, 0.4) is 0 Å². The van der Waals surface area contributed by atoms with Gasteiger partial charge in [0.05, 0.1) is 12.0 Å². The van der Waals surface area contributed by atoms with Crippen LogP contribution in [0.2, 0.25) is 0 Å². The molecule has 0 fully saturated rings. The Kier molecular flexibility index (Phi) is 4.26. The molecule has 0 N–H and O–H groups in total. The Morgan fingerprint density at radius 2 is 1.91 bits per heavy atom. The number of esters is 2. The first kappa shape index (κ1) is 16.1. The summed E-state index contributed by atoms with van der Waals surface area (Å²) in [6, 6.07) is 4.95. The van der Waals surface area contributed by atoms with Crippen LogP contribution >= 0.6 is 0 Å². The number of fused-ring (bicyclic) bond motifs is 1. The zero-order valence-electron chi connectivity index (χ0n) is 13.5. The molecule has 0 amide bonds. The molecule has 1 aromatic carbocycles. The van der Waals surface area contributed by atoms with Crippen molar-refractivity contribution in [1.29, 1.82) is 0 Å². The Morgan fingerprint density at radius 3 is 2.50 bits per heavy atom. The third-order valence-electron chi connectivity index (χ3n) is 3.14. The van der Waals surface area contributed by atoms with Gasteiger partial charge in [0.1, 0.15) is 22.7 Å². The van der Waals surface area contributed by atoms with Crippen molar-refractivity contribution in [3.63, 3.8) is 0 Å². The number of furan rings is 1. The van der Waals surface area contributed by atoms with E-state index in [2.05, 4.69) is 0 Å². The summed E-state index contributed by atoms with van der Waals surface area (Å²) in [5.74, 6) is 0.0642. The van der Waals surface area contributed by atoms with E-state index in [-0.39, 0.29) is 12.6 Å². The van der Waals surface area contributed by atoms with Crippen LogP contribution in [0.15, 0.2) is 22.6 Å². The lowest BCUT2D eigenvalue weighted by atomic mass is 9.97. The Balaban J connectivity index is 2.43. The molecule has 1 heterocycles. The van der Waals surface area contributed by atoms with Crippen LogP contribution in [-0.4, -0.2) is 18.5 Å². The molecule has 5 nitrogen and oxygen atoms in total. The summed E-state index contributed by atoms with van der Waals surface area (Å²) in [7, 11) is 0. The van der Waals surface area contributed by atoms with Gasteiger partial charge in [0.2, 0.25) is 0 Å². The number of rotatable bonds is 3. The van der Waals surface area contributed by atoms with Gasteiger partial charge < -0.3 is 13.9 Å². The van der Waals surface area contributed by atoms with Gasteiger partial charge in [-0.2, -0.15) is 0 Å². The maximum absolute atomic E-state index is 12.0. The number of hydrogen-bond donors (Lipinski definition) is 0. The summed E-state index contributed by atoms with van der Waals surface area (Å²) in [5, 5.41) is 0.579. The van der Waals surface area contributed by atoms with Crippen LogP contribution in [-0.2, 0) is 9.53 Å². The van der Waals surface area contributed by atoms with Gasteiger partial charge in [-0.3, -0.25) is 4.79 Å². The van der Waals surface area contributed by atoms with Gasteiger partial charge in [-0.15, -0.1) is 0 Å². The lowest BCUT2D eigenvalue weighted by Crippen LogP contribution is -2.25. The molecule has 0 bridgehead atoms. The standard InChI is InChI=1S/C17H20O5/c1-6-20-15(18)14-10(2)21-13-8-7-11(9-12(13)14)22-16(19)17(3,4)5/h7-9H,6H2,1-5H3. The van der Waals surface area contributed by atoms with E-state index in [0.717, 1.165) is 0 Å². The second-order valence-corrected chi connectivity index (χ2v) is 6.05. The molecule has 0 spiro atoms. The minimum Gasteiger partial charge on any atom is -0.462 e. The third-order valence-corrected chi connectivity index (χ3v) is 3.14. The molecule has 2 rings (SSSR count). The summed E-state index contributed by atoms with van der Waals surface area (Å²) in [5.41, 5.74) is 0.312. The number of carbonyl (C=O) groups excluding carboxylic acids is 2. The quantitative estimate of drug-likeness (QED) is 0.636. The van der Waals surface area contributed by atoms with Gasteiger partial charge >= 0.3 is 11.9 Å². The molecule has 0 saturated heterocycles. The zero-order valence-corrected chi connectivity index (χ0v) is 13.5. The van der Waals surface area contributed by atoms with Crippen LogP contribution < -0.4 is 4.74 Å². The lowest BCUT2D eigenvalue weighted by Gasteiger charge is -2.16. The lowest BCUT2D eigenvalue weighted by molar-refractivity contribution is -0.142. The van der Waals surface area contributed by atoms with Gasteiger partial charge in [0.25, 0.3) is 0 Å². The average molecular weight is 304 g/mol. The van der Waals surface area contributed by atoms with Crippen molar-refractivity contribution in [3.05, 3.63) is 29.5 Å². The second-order valence-electron chi connectivity index (χ2n) is 6.05. The van der Waals surface area contributed by atoms with E-state index in [1.165, 1.54) is 0 Å². The Labute approximate surface area is 129 Å². The largest absolute Gasteiger partial charge is 0.462 e. The predicted molar refractivity (Wildman–Crippen MR) is 82.0 cm³/mol. The Hall–Kier alpha value is -2.30. The highest BCUT2D eigenvalue weighted by atomic mass is 16.5. The highest BCUT2D eigenvalue weighted by molar-refractivity contribution is 6.05. The van der Waals surface area contributed by atoms with Gasteiger partial charge in [-0.25, -0.2) is 4.79 Å². The maximum Gasteiger partial charge on any atom is 0.342 e. The van der Waals surface area contributed by atoms with Gasteiger partial charge in [-0.1, -0.05) is 0 Å². The summed E-state index contributed by atoms with van der Waals surface area (Å²) in [6.07, 6.45) is 0. The van der Waals surface area contributed by atoms with Gasteiger partial charge in [-0.05, 0) is 52.8 Å². The van der Waals surface area contributed by atoms with E-state index in [0.29, 0.717) is 28.0 Å². The molecular formula is C17H20O5. The van der Waals surface area contributed by atoms with Crippen molar-refractivity contribution in [2.75, 3.05) is 6.61 Å². The monoisotopic (exact) mass is 304 g/mol. The number of aryl methyl sites for hydroxylation is 1. The number of hydrogen-bond acceptors (Lipinski definition) is 5. The molecule has 0 aliphatic carbocycles. The van der Waals surface area contributed by atoms with Crippen molar-refractivity contribution >= 4 is 22.9 Å². The first-order valence-corrected chi connectivity index (χ1v) is 7.16. The van der Waals surface area contributed by atoms with Crippen LogP contribution in [0.25, 0.3) is 11.0 Å². The topological polar surface area (TPSA) is 65.7 Å². The van der Waals surface area contributed by atoms with Crippen LogP contribution in [0, 0.1) is 12.3 Å². The fourth-order valence-electron chi connectivity index (χ4n) is 1.98. The van der Waals surface area contributed by atoms with E-state index in [4.69, 9.17) is 13.9 Å². The van der Waals surface area contributed by atoms with E-state index < -0.39 is 11.4 Å². The average Bonchev–Trinajstić information content (AvgIpc) is 2.73. The second kappa shape index (κ2) is 5.83. The van der Waals surface area contributed by atoms with Crippen molar-refractivity contribution in [3.8, 4) is 5.75 Å². The smallest absolute Gasteiger partial charge is 0.342 e. The van der Waals surface area contributed by atoms with E-state index in [1.54, 1.807) is 52.8 Å². The van der Waals surface area contributed by atoms with Crippen LogP contribution in [0.5, 0.6) is 5.75 Å². The maximum atomic E-state index is 12.0. The van der Waals surface area contributed by atoms with Gasteiger partial charge in [0.15, 0.2) is 0 Å². The van der Waals surface area contributed by atoms with Crippen molar-refractivity contribution in [2.24, 2.45) is 5.41 Å². The van der Waals surface area contributed by atoms with Crippen molar-refractivity contribution in [2.45, 2.75) is 34.6 Å². The third kappa shape index (κ3) is 3.13. The highest BCUT2D eigenvalue weighted by Crippen LogP contribution is 2.30. The SMILES string of the molecule is CCOC(=O)c1c(C)oc2ccc(OC(=O)C(C)(C)C)cc12. The van der Waals surface area contributed by atoms with Crippen molar-refractivity contribution < 1.29 is 23.5 Å². The molecule has 0 aliphatic heterocycles. The predicted octanol–water partition coefficient (Wildman–Crippen LogP) is 3.87. The van der Waals surface area contributed by atoms with Gasteiger partial charge in [0, 0.05) is 5.39 Å². The fraction of sp³-hybridized carbons (Fsp3) is 0.412. The normalized spacial score (nSPS) is 11.5. The summed E-state index contributed by atoms with van der Waals surface area (Å²) in [4.78, 5) is 24.0. The van der Waals surface area contributed by atoms with Crippen molar-refractivity contribution in [1.82, 2.24) is 0 Å². The number of benzene rings is 1. The summed E-state index contributed by atoms with van der Waals surface area (Å²) < 4.78 is 16.0. The summed E-state index contributed by atoms with van der Waals surface area (Å²) in [6.45, 7) is 9.06. The summed E-state index contributed by atoms with van der Waals surface area (Å²) >= 11 is 0. The molecule has 2 aromatic rings. The molecular weight excluding hydrogens is 284 g/mol. The molecule has 0 radical (unpaired) electrons. The van der Waals surface area contributed by atoms with Crippen LogP contribution in [0.4, 0.5) is 0 Å². The van der Waals surface area contributed by atoms with E-state index >= 15 is 0 Å². The molecule has 0 aliphatic rings. The highest BCUT2D eigenvalue weighted by Gasteiger charge is 2.25. The molecule has 22 heavy (non-hydrogen) atoms. The number of carbonyl (C=O) groups is 2. The van der Waals surface area contributed by atoms with E-state index in [9.17, 15) is 9.59 Å². The minimum absolute atomic E-state index is 0.281. The molecule has 0 unspecified atom stereocenters. The molecule has 5 heteroatoms. The number of ether oxygens (including phenoxy) is 2. The zero-order chi connectivity index (χ0) is 16.5. The molecule has 1 aromatic heterocycles. The fourth-order valence-corrected chi connectivity index (χ4v) is 1.98.